The van der Waals surface area contributed by atoms with E-state index in [0.29, 0.717) is 5.69 Å². The van der Waals surface area contributed by atoms with E-state index in [-0.39, 0.29) is 5.91 Å². The van der Waals surface area contributed by atoms with Crippen molar-refractivity contribution in [3.63, 3.8) is 0 Å². The third kappa shape index (κ3) is 3.72. The third-order valence-corrected chi connectivity index (χ3v) is 2.99. The van der Waals surface area contributed by atoms with Gasteiger partial charge in [-0.3, -0.25) is 4.79 Å². The van der Waals surface area contributed by atoms with E-state index < -0.39 is 0 Å². The topological polar surface area (TPSA) is 55.1 Å². The Hall–Kier alpha value is -2.55. The largest absolute Gasteiger partial charge is 0.399 e. The van der Waals surface area contributed by atoms with Gasteiger partial charge in [0.05, 0.1) is 0 Å². The summed E-state index contributed by atoms with van der Waals surface area (Å²) in [5, 5.41) is 2.89. The zero-order chi connectivity index (χ0) is 14.4. The second-order valence-electron chi connectivity index (χ2n) is 4.50. The Morgan fingerprint density at radius 3 is 2.75 bits per heavy atom. The molecule has 0 aliphatic rings. The number of aryl methyl sites for hydroxylation is 1. The van der Waals surface area contributed by atoms with Gasteiger partial charge in [-0.05, 0) is 41.8 Å². The lowest BCUT2D eigenvalue weighted by Crippen LogP contribution is -2.09. The van der Waals surface area contributed by atoms with Crippen molar-refractivity contribution in [1.29, 1.82) is 0 Å². The molecule has 0 saturated heterocycles. The molecule has 0 spiro atoms. The summed E-state index contributed by atoms with van der Waals surface area (Å²) < 4.78 is 0. The number of rotatable bonds is 4. The van der Waals surface area contributed by atoms with Crippen LogP contribution >= 0.6 is 0 Å². The van der Waals surface area contributed by atoms with Crippen LogP contribution in [0.4, 0.5) is 11.4 Å². The number of carbonyl (C=O) groups excluding carboxylic acids is 1. The van der Waals surface area contributed by atoms with Gasteiger partial charge in [-0.2, -0.15) is 0 Å². The van der Waals surface area contributed by atoms with Crippen molar-refractivity contribution in [1.82, 2.24) is 0 Å². The van der Waals surface area contributed by atoms with Gasteiger partial charge in [-0.15, -0.1) is 0 Å². The molecule has 20 heavy (non-hydrogen) atoms. The van der Waals surface area contributed by atoms with E-state index in [1.165, 1.54) is 6.08 Å². The zero-order valence-electron chi connectivity index (χ0n) is 11.5. The molecular weight excluding hydrogens is 248 g/mol. The molecule has 2 rings (SSSR count). The van der Waals surface area contributed by atoms with Gasteiger partial charge < -0.3 is 11.1 Å². The summed E-state index contributed by atoms with van der Waals surface area (Å²) in [4.78, 5) is 11.9. The Labute approximate surface area is 119 Å². The molecule has 0 fully saturated rings. The van der Waals surface area contributed by atoms with Crippen LogP contribution in [0.3, 0.4) is 0 Å². The molecule has 0 aliphatic heterocycles. The van der Waals surface area contributed by atoms with Gasteiger partial charge in [0.25, 0.3) is 0 Å². The van der Waals surface area contributed by atoms with Crippen LogP contribution in [-0.4, -0.2) is 5.91 Å². The normalized spacial score (nSPS) is 10.7. The van der Waals surface area contributed by atoms with Crippen molar-refractivity contribution in [2.45, 2.75) is 13.3 Å². The van der Waals surface area contributed by atoms with Gasteiger partial charge in [0.15, 0.2) is 0 Å². The minimum absolute atomic E-state index is 0.145. The number of hydrogen-bond donors (Lipinski definition) is 2. The van der Waals surface area contributed by atoms with Gasteiger partial charge in [0.2, 0.25) is 5.91 Å². The number of nitrogens with one attached hydrogen (secondary N) is 1. The third-order valence-electron chi connectivity index (χ3n) is 2.99. The van der Waals surface area contributed by atoms with E-state index >= 15 is 0 Å². The molecule has 0 heterocycles. The van der Waals surface area contributed by atoms with Crippen LogP contribution in [0.15, 0.2) is 54.6 Å². The van der Waals surface area contributed by atoms with Crippen LogP contribution in [0.2, 0.25) is 0 Å². The van der Waals surface area contributed by atoms with Crippen molar-refractivity contribution in [3.05, 3.63) is 65.7 Å². The highest BCUT2D eigenvalue weighted by Gasteiger charge is 2.02. The standard InChI is InChI=1S/C17H18N2O/c1-2-14-7-3-4-9-16(14)19-17(20)11-10-13-6-5-8-15(18)12-13/h3-12H,2,18H2,1H3,(H,19,20)/b11-10+. The predicted octanol–water partition coefficient (Wildman–Crippen LogP) is 3.48. The number of amides is 1. The molecule has 3 nitrogen and oxygen atoms in total. The minimum atomic E-state index is -0.145. The fourth-order valence-corrected chi connectivity index (χ4v) is 1.96. The van der Waals surface area contributed by atoms with Crippen molar-refractivity contribution in [2.75, 3.05) is 11.1 Å². The number of benzene rings is 2. The zero-order valence-corrected chi connectivity index (χ0v) is 11.5. The molecule has 3 heteroatoms. The van der Waals surface area contributed by atoms with Crippen LogP contribution in [0.25, 0.3) is 6.08 Å². The highest BCUT2D eigenvalue weighted by atomic mass is 16.1. The number of para-hydroxylation sites is 1. The summed E-state index contributed by atoms with van der Waals surface area (Å²) in [5.41, 5.74) is 9.26. The Kier molecular flexibility index (Phi) is 4.56. The molecule has 2 aromatic carbocycles. The Balaban J connectivity index is 2.06. The van der Waals surface area contributed by atoms with E-state index in [4.69, 9.17) is 5.73 Å². The van der Waals surface area contributed by atoms with E-state index in [9.17, 15) is 4.79 Å². The molecule has 0 aliphatic carbocycles. The van der Waals surface area contributed by atoms with Crippen molar-refractivity contribution in [3.8, 4) is 0 Å². The van der Waals surface area contributed by atoms with Crippen molar-refractivity contribution < 1.29 is 4.79 Å². The average Bonchev–Trinajstić information content (AvgIpc) is 2.46. The SMILES string of the molecule is CCc1ccccc1NC(=O)/C=C/c1cccc(N)c1. The fourth-order valence-electron chi connectivity index (χ4n) is 1.96. The van der Waals surface area contributed by atoms with E-state index in [1.54, 1.807) is 6.08 Å². The molecule has 0 atom stereocenters. The average molecular weight is 266 g/mol. The number of anilines is 2. The smallest absolute Gasteiger partial charge is 0.248 e. The van der Waals surface area contributed by atoms with Crippen LogP contribution in [0.1, 0.15) is 18.1 Å². The van der Waals surface area contributed by atoms with Crippen molar-refractivity contribution in [2.24, 2.45) is 0 Å². The van der Waals surface area contributed by atoms with Crippen LogP contribution < -0.4 is 11.1 Å². The lowest BCUT2D eigenvalue weighted by atomic mass is 10.1. The second kappa shape index (κ2) is 6.57. The minimum Gasteiger partial charge on any atom is -0.399 e. The maximum Gasteiger partial charge on any atom is 0.248 e. The predicted molar refractivity (Wildman–Crippen MR) is 84.3 cm³/mol. The molecule has 2 aromatic rings. The summed E-state index contributed by atoms with van der Waals surface area (Å²) in [6.07, 6.45) is 4.15. The summed E-state index contributed by atoms with van der Waals surface area (Å²) in [6, 6.07) is 15.2. The highest BCUT2D eigenvalue weighted by Crippen LogP contribution is 2.15. The first-order chi connectivity index (χ1) is 9.69. The molecule has 0 saturated carbocycles. The molecule has 0 unspecified atom stereocenters. The van der Waals surface area contributed by atoms with Gasteiger partial charge in [0, 0.05) is 17.5 Å². The molecule has 1 amide bonds. The van der Waals surface area contributed by atoms with E-state index in [1.807, 2.05) is 48.5 Å². The fraction of sp³-hybridized carbons (Fsp3) is 0.118. The molecule has 0 radical (unpaired) electrons. The number of hydrogen-bond acceptors (Lipinski definition) is 2. The van der Waals surface area contributed by atoms with E-state index in [2.05, 4.69) is 12.2 Å². The quantitative estimate of drug-likeness (QED) is 0.657. The maximum atomic E-state index is 11.9. The van der Waals surface area contributed by atoms with E-state index in [0.717, 1.165) is 23.2 Å². The Morgan fingerprint density at radius 1 is 1.20 bits per heavy atom. The van der Waals surface area contributed by atoms with Crippen LogP contribution in [0, 0.1) is 0 Å². The monoisotopic (exact) mass is 266 g/mol. The molecule has 0 bridgehead atoms. The molecule has 0 aromatic heterocycles. The lowest BCUT2D eigenvalue weighted by molar-refractivity contribution is -0.111. The van der Waals surface area contributed by atoms with Gasteiger partial charge in [-0.1, -0.05) is 37.3 Å². The van der Waals surface area contributed by atoms with Gasteiger partial charge in [-0.25, -0.2) is 0 Å². The molecule has 3 N–H and O–H groups in total. The summed E-state index contributed by atoms with van der Waals surface area (Å²) in [7, 11) is 0. The molecular formula is C17H18N2O. The summed E-state index contributed by atoms with van der Waals surface area (Å²) in [6.45, 7) is 2.06. The van der Waals surface area contributed by atoms with Gasteiger partial charge in [0.1, 0.15) is 0 Å². The van der Waals surface area contributed by atoms with Crippen LogP contribution in [-0.2, 0) is 11.2 Å². The van der Waals surface area contributed by atoms with Gasteiger partial charge >= 0.3 is 0 Å². The highest BCUT2D eigenvalue weighted by molar-refractivity contribution is 6.02. The molecule has 102 valence electrons. The number of carbonyl (C=O) groups is 1. The van der Waals surface area contributed by atoms with Crippen LogP contribution in [0.5, 0.6) is 0 Å². The van der Waals surface area contributed by atoms with Crippen molar-refractivity contribution >= 4 is 23.4 Å². The lowest BCUT2D eigenvalue weighted by Gasteiger charge is -2.07. The first kappa shape index (κ1) is 13.9. The number of nitrogen functional groups attached to an aromatic ring is 1. The first-order valence-corrected chi connectivity index (χ1v) is 6.61. The Morgan fingerprint density at radius 2 is 2.00 bits per heavy atom. The first-order valence-electron chi connectivity index (χ1n) is 6.61. The maximum absolute atomic E-state index is 11.9. The Bertz CT molecular complexity index is 632. The summed E-state index contributed by atoms with van der Waals surface area (Å²) in [5.74, 6) is -0.145. The number of nitrogens with two attached hydrogens (primary N) is 1. The summed E-state index contributed by atoms with van der Waals surface area (Å²) >= 11 is 0. The second-order valence-corrected chi connectivity index (χ2v) is 4.50.